The molecule has 8 heteroatoms. The van der Waals surface area contributed by atoms with E-state index in [0.29, 0.717) is 5.56 Å². The van der Waals surface area contributed by atoms with Gasteiger partial charge >= 0.3 is 0 Å². The van der Waals surface area contributed by atoms with Crippen LogP contribution >= 0.6 is 0 Å². The average molecular weight is 314 g/mol. The molecule has 1 aromatic carbocycles. The van der Waals surface area contributed by atoms with Gasteiger partial charge in [0.05, 0.1) is 6.07 Å². The Balaban J connectivity index is 1.67. The molecule has 0 aliphatic heterocycles. The summed E-state index contributed by atoms with van der Waals surface area (Å²) in [6.07, 6.45) is 1.88. The molecule has 1 aliphatic carbocycles. The minimum Gasteiger partial charge on any atom is -0.336 e. The Bertz CT molecular complexity index is 778. The summed E-state index contributed by atoms with van der Waals surface area (Å²) in [5.41, 5.74) is -0.375. The molecular formula is C15H15FN6O. The molecule has 0 spiro atoms. The van der Waals surface area contributed by atoms with Gasteiger partial charge in [0.15, 0.2) is 0 Å². The first-order valence-electron chi connectivity index (χ1n) is 7.26. The van der Waals surface area contributed by atoms with Gasteiger partial charge in [-0.3, -0.25) is 4.79 Å². The molecule has 118 valence electrons. The Morgan fingerprint density at radius 1 is 1.57 bits per heavy atom. The lowest BCUT2D eigenvalue weighted by molar-refractivity contribution is -0.123. The molecule has 1 aliphatic rings. The highest BCUT2D eigenvalue weighted by molar-refractivity contribution is 5.77. The topological polar surface area (TPSA) is 96.5 Å². The summed E-state index contributed by atoms with van der Waals surface area (Å²) in [5.74, 6) is -0.319. The van der Waals surface area contributed by atoms with Crippen LogP contribution in [-0.2, 0) is 11.3 Å². The van der Waals surface area contributed by atoms with Crippen LogP contribution < -0.4 is 5.32 Å². The van der Waals surface area contributed by atoms with Crippen LogP contribution in [0.2, 0.25) is 0 Å². The van der Waals surface area contributed by atoms with E-state index in [1.807, 2.05) is 0 Å². The summed E-state index contributed by atoms with van der Waals surface area (Å²) in [6, 6.07) is 7.97. The molecular weight excluding hydrogens is 299 g/mol. The second kappa shape index (κ2) is 5.76. The van der Waals surface area contributed by atoms with Gasteiger partial charge in [0.1, 0.15) is 17.9 Å². The van der Waals surface area contributed by atoms with Gasteiger partial charge in [-0.2, -0.15) is 10.1 Å². The van der Waals surface area contributed by atoms with Crippen LogP contribution in [0, 0.1) is 23.1 Å². The number of rotatable bonds is 5. The van der Waals surface area contributed by atoms with Crippen molar-refractivity contribution < 1.29 is 9.18 Å². The Labute approximate surface area is 132 Å². The third-order valence-electron chi connectivity index (χ3n) is 3.85. The van der Waals surface area contributed by atoms with Gasteiger partial charge in [0.2, 0.25) is 11.7 Å². The largest absolute Gasteiger partial charge is 0.336 e. The third kappa shape index (κ3) is 3.34. The Hall–Kier alpha value is -2.82. The number of halogens is 1. The van der Waals surface area contributed by atoms with E-state index in [9.17, 15) is 14.4 Å². The van der Waals surface area contributed by atoms with E-state index in [-0.39, 0.29) is 24.2 Å². The van der Waals surface area contributed by atoms with Gasteiger partial charge in [-0.1, -0.05) is 12.1 Å². The lowest BCUT2D eigenvalue weighted by atomic mass is 9.98. The molecule has 2 aromatic rings. The number of amides is 1. The average Bonchev–Trinajstić information content (AvgIpc) is 3.28. The van der Waals surface area contributed by atoms with Gasteiger partial charge < -0.3 is 5.32 Å². The highest BCUT2D eigenvalue weighted by Gasteiger charge is 2.43. The van der Waals surface area contributed by atoms with E-state index >= 15 is 0 Å². The van der Waals surface area contributed by atoms with Crippen LogP contribution in [0.15, 0.2) is 24.3 Å². The zero-order valence-corrected chi connectivity index (χ0v) is 12.5. The van der Waals surface area contributed by atoms with Crippen LogP contribution in [0.25, 0.3) is 11.4 Å². The Kier molecular flexibility index (Phi) is 3.78. The van der Waals surface area contributed by atoms with E-state index in [2.05, 4.69) is 26.8 Å². The maximum Gasteiger partial charge on any atom is 0.244 e. The fraction of sp³-hybridized carbons (Fsp3) is 0.400. The van der Waals surface area contributed by atoms with Crippen molar-refractivity contribution in [2.45, 2.75) is 31.8 Å². The van der Waals surface area contributed by atoms with Crippen LogP contribution in [0.5, 0.6) is 0 Å². The smallest absolute Gasteiger partial charge is 0.244 e. The van der Waals surface area contributed by atoms with E-state index in [1.54, 1.807) is 19.1 Å². The monoisotopic (exact) mass is 314 g/mol. The molecule has 0 unspecified atom stereocenters. The molecule has 0 bridgehead atoms. The lowest BCUT2D eigenvalue weighted by Gasteiger charge is -2.22. The molecule has 7 nitrogen and oxygen atoms in total. The SMILES string of the molecule is C[C@](C#N)(NC(=O)Cn1nnc(-c2cccc(F)c2)n1)C1CC1. The quantitative estimate of drug-likeness (QED) is 0.897. The number of tetrazole rings is 1. The van der Waals surface area contributed by atoms with Crippen molar-refractivity contribution in [1.29, 1.82) is 5.26 Å². The third-order valence-corrected chi connectivity index (χ3v) is 3.85. The predicted octanol–water partition coefficient (Wildman–Crippen LogP) is 1.29. The number of nitrogens with zero attached hydrogens (tertiary/aromatic N) is 5. The first kappa shape index (κ1) is 15.1. The number of aromatic nitrogens is 4. The van der Waals surface area contributed by atoms with Gasteiger partial charge in [-0.15, -0.1) is 10.2 Å². The highest BCUT2D eigenvalue weighted by atomic mass is 19.1. The van der Waals surface area contributed by atoms with Crippen LogP contribution in [0.3, 0.4) is 0 Å². The number of carbonyl (C=O) groups excluding carboxylic acids is 1. The molecule has 1 saturated carbocycles. The molecule has 1 amide bonds. The number of benzene rings is 1. The van der Waals surface area contributed by atoms with Crippen molar-refractivity contribution in [3.8, 4) is 17.5 Å². The fourth-order valence-electron chi connectivity index (χ4n) is 2.39. The second-order valence-corrected chi connectivity index (χ2v) is 5.79. The standard InChI is InChI=1S/C15H15FN6O/c1-15(9-17,11-5-6-11)18-13(23)8-22-20-14(19-21-22)10-3-2-4-12(16)7-10/h2-4,7,11H,5-6,8H2,1H3,(H,18,23)/t15-/m1/s1. The van der Waals surface area contributed by atoms with Crippen molar-refractivity contribution in [3.05, 3.63) is 30.1 Å². The lowest BCUT2D eigenvalue weighted by Crippen LogP contribution is -2.48. The molecule has 1 heterocycles. The zero-order chi connectivity index (χ0) is 16.4. The van der Waals surface area contributed by atoms with Gasteiger partial charge in [-0.25, -0.2) is 4.39 Å². The first-order chi connectivity index (χ1) is 11.0. The Morgan fingerprint density at radius 2 is 2.35 bits per heavy atom. The van der Waals surface area contributed by atoms with E-state index < -0.39 is 11.4 Å². The van der Waals surface area contributed by atoms with E-state index in [1.165, 1.54) is 12.1 Å². The first-order valence-corrected chi connectivity index (χ1v) is 7.26. The summed E-state index contributed by atoms with van der Waals surface area (Å²) in [7, 11) is 0. The Morgan fingerprint density at radius 3 is 3.00 bits per heavy atom. The summed E-state index contributed by atoms with van der Waals surface area (Å²) >= 11 is 0. The maximum absolute atomic E-state index is 13.2. The van der Waals surface area contributed by atoms with Crippen molar-refractivity contribution >= 4 is 5.91 Å². The van der Waals surface area contributed by atoms with Gasteiger partial charge in [-0.05, 0) is 43.0 Å². The number of hydrogen-bond acceptors (Lipinski definition) is 5. The number of nitriles is 1. The summed E-state index contributed by atoms with van der Waals surface area (Å²) in [4.78, 5) is 13.2. The second-order valence-electron chi connectivity index (χ2n) is 5.79. The molecule has 0 saturated heterocycles. The molecule has 1 atom stereocenters. The predicted molar refractivity (Wildman–Crippen MR) is 78.1 cm³/mol. The van der Waals surface area contributed by atoms with Gasteiger partial charge in [0.25, 0.3) is 0 Å². The summed E-state index contributed by atoms with van der Waals surface area (Å²) < 4.78 is 13.2. The van der Waals surface area contributed by atoms with Crippen LogP contribution in [0.1, 0.15) is 19.8 Å². The minimum atomic E-state index is -0.858. The molecule has 23 heavy (non-hydrogen) atoms. The maximum atomic E-state index is 13.2. The number of carbonyl (C=O) groups is 1. The van der Waals surface area contributed by atoms with E-state index in [4.69, 9.17) is 0 Å². The molecule has 0 radical (unpaired) electrons. The van der Waals surface area contributed by atoms with Crippen LogP contribution in [0.4, 0.5) is 4.39 Å². The summed E-state index contributed by atoms with van der Waals surface area (Å²) in [6.45, 7) is 1.57. The van der Waals surface area contributed by atoms with Crippen molar-refractivity contribution in [2.24, 2.45) is 5.92 Å². The van der Waals surface area contributed by atoms with Crippen molar-refractivity contribution in [1.82, 2.24) is 25.5 Å². The van der Waals surface area contributed by atoms with Crippen molar-refractivity contribution in [2.75, 3.05) is 0 Å². The number of nitrogens with one attached hydrogen (secondary N) is 1. The van der Waals surface area contributed by atoms with Crippen molar-refractivity contribution in [3.63, 3.8) is 0 Å². The normalized spacial score (nSPS) is 16.4. The van der Waals surface area contributed by atoms with Crippen LogP contribution in [-0.4, -0.2) is 31.7 Å². The number of hydrogen-bond donors (Lipinski definition) is 1. The minimum absolute atomic E-state index is 0.147. The van der Waals surface area contributed by atoms with Gasteiger partial charge in [0, 0.05) is 5.56 Å². The molecule has 1 aromatic heterocycles. The summed E-state index contributed by atoms with van der Waals surface area (Å²) in [5, 5.41) is 23.6. The zero-order valence-electron chi connectivity index (χ0n) is 12.5. The molecule has 1 fully saturated rings. The fourth-order valence-corrected chi connectivity index (χ4v) is 2.39. The molecule has 3 rings (SSSR count). The molecule has 1 N–H and O–H groups in total. The highest BCUT2D eigenvalue weighted by Crippen LogP contribution is 2.39. The van der Waals surface area contributed by atoms with E-state index in [0.717, 1.165) is 17.6 Å².